The number of aromatic nitrogens is 2. The average molecular weight is 844 g/mol. The van der Waals surface area contributed by atoms with Crippen molar-refractivity contribution in [1.29, 1.82) is 5.26 Å². The summed E-state index contributed by atoms with van der Waals surface area (Å²) in [5, 5.41) is 12.5. The first-order chi connectivity index (χ1) is 29.5. The smallest absolute Gasteiger partial charge is 0.262 e. The fourth-order valence-corrected chi connectivity index (χ4v) is 9.23. The van der Waals surface area contributed by atoms with Gasteiger partial charge in [0, 0.05) is 100 Å². The lowest BCUT2D eigenvalue weighted by Gasteiger charge is -2.50. The van der Waals surface area contributed by atoms with E-state index in [2.05, 4.69) is 49.8 Å². The third kappa shape index (κ3) is 8.55. The Morgan fingerprint density at radius 2 is 1.67 bits per heavy atom. The number of ether oxygens (including phenoxy) is 1. The van der Waals surface area contributed by atoms with Crippen molar-refractivity contribution >= 4 is 47.2 Å². The summed E-state index contributed by atoms with van der Waals surface area (Å²) in [4.78, 5) is 70.4. The molecule has 2 atom stereocenters. The molecule has 61 heavy (non-hydrogen) atoms. The minimum absolute atomic E-state index is 0.0681. The molecule has 3 aromatic carbocycles. The summed E-state index contributed by atoms with van der Waals surface area (Å²) >= 11 is 6.30. The monoisotopic (exact) mass is 843 g/mol. The number of amides is 3. The maximum absolute atomic E-state index is 13.5. The molecule has 0 spiro atoms. The number of likely N-dealkylation sites (tertiary alicyclic amines) is 1. The van der Waals surface area contributed by atoms with Gasteiger partial charge in [-0.3, -0.25) is 29.1 Å². The molecule has 316 valence electrons. The van der Waals surface area contributed by atoms with E-state index in [1.54, 1.807) is 24.4 Å². The molecule has 1 N–H and O–H groups in total. The summed E-state index contributed by atoms with van der Waals surface area (Å²) < 4.78 is 6.14. The standard InChI is InChI=1S/C46H50ClN9O5/c1-46(2,32-21-30(25-48)22-33(47)23-32)31-6-9-38(10-7-31)61-29-34-12-14-50-45(51-34)53-18-16-52(17-19-53)37-27-55(28-37)36-13-15-54(26-36)35-8-11-39-40(24-35)44(60)56(43(39)59)41(5-4-20-57)42(58)49-3/h6-12,14,20-24,36-37,41H,4-5,13,15-19,26-29H2,1-3H3,(H,49,58). The number of carbonyl (C=O) groups is 4. The van der Waals surface area contributed by atoms with Crippen molar-refractivity contribution in [2.75, 3.05) is 69.2 Å². The van der Waals surface area contributed by atoms with E-state index in [1.165, 1.54) is 7.05 Å². The number of anilines is 2. The van der Waals surface area contributed by atoms with Crippen molar-refractivity contribution in [2.24, 2.45) is 0 Å². The Morgan fingerprint density at radius 3 is 2.39 bits per heavy atom. The van der Waals surface area contributed by atoms with Crippen LogP contribution in [0.2, 0.25) is 5.02 Å². The fourth-order valence-electron chi connectivity index (χ4n) is 9.00. The summed E-state index contributed by atoms with van der Waals surface area (Å²) in [6, 6.07) is 22.8. The van der Waals surface area contributed by atoms with Gasteiger partial charge in [-0.25, -0.2) is 9.97 Å². The van der Waals surface area contributed by atoms with Crippen LogP contribution in [0, 0.1) is 11.3 Å². The molecular weight excluding hydrogens is 794 g/mol. The van der Waals surface area contributed by atoms with Crippen LogP contribution in [0.5, 0.6) is 5.75 Å². The van der Waals surface area contributed by atoms with E-state index in [4.69, 9.17) is 21.3 Å². The van der Waals surface area contributed by atoms with Crippen molar-refractivity contribution in [3.05, 3.63) is 111 Å². The summed E-state index contributed by atoms with van der Waals surface area (Å²) in [6.45, 7) is 11.8. The van der Waals surface area contributed by atoms with Crippen LogP contribution in [0.15, 0.2) is 72.9 Å². The molecule has 14 nitrogen and oxygen atoms in total. The minimum atomic E-state index is -1.03. The second kappa shape index (κ2) is 17.6. The molecule has 4 aliphatic rings. The highest BCUT2D eigenvalue weighted by Crippen LogP contribution is 2.36. The first-order valence-electron chi connectivity index (χ1n) is 20.9. The number of benzene rings is 3. The highest BCUT2D eigenvalue weighted by atomic mass is 35.5. The van der Waals surface area contributed by atoms with Crippen LogP contribution in [0.4, 0.5) is 11.6 Å². The SMILES string of the molecule is CNC(=O)C(CCC=O)N1C(=O)c2ccc(N3CCC(N4CC(N5CCN(c6nccc(COc7ccc(C(C)(C)c8cc(Cl)cc(C#N)c8)cc7)n6)CC5)C4)C3)cc2C1=O. The molecule has 3 fully saturated rings. The molecule has 2 unspecified atom stereocenters. The van der Waals surface area contributed by atoms with Crippen molar-refractivity contribution in [3.63, 3.8) is 0 Å². The Balaban J connectivity index is 0.794. The van der Waals surface area contributed by atoms with Gasteiger partial charge in [-0.15, -0.1) is 0 Å². The molecule has 1 aromatic heterocycles. The maximum atomic E-state index is 13.5. The number of nitriles is 1. The number of imide groups is 1. The van der Waals surface area contributed by atoms with E-state index in [0.29, 0.717) is 47.1 Å². The van der Waals surface area contributed by atoms with Gasteiger partial charge in [-0.1, -0.05) is 37.6 Å². The molecule has 4 aromatic rings. The third-order valence-corrected chi connectivity index (χ3v) is 13.0. The number of fused-ring (bicyclic) bond motifs is 1. The molecule has 0 bridgehead atoms. The molecule has 3 saturated heterocycles. The van der Waals surface area contributed by atoms with Crippen LogP contribution in [0.1, 0.15) is 76.2 Å². The lowest BCUT2D eigenvalue weighted by Crippen LogP contribution is -2.65. The second-order valence-electron chi connectivity index (χ2n) is 16.7. The summed E-state index contributed by atoms with van der Waals surface area (Å²) in [5.41, 5.74) is 4.52. The van der Waals surface area contributed by atoms with Crippen LogP contribution in [-0.4, -0.2) is 126 Å². The van der Waals surface area contributed by atoms with E-state index in [0.717, 1.165) is 91.9 Å². The van der Waals surface area contributed by atoms with E-state index in [1.807, 2.05) is 48.5 Å². The average Bonchev–Trinajstić information content (AvgIpc) is 3.84. The largest absolute Gasteiger partial charge is 0.487 e. The zero-order valence-electron chi connectivity index (χ0n) is 34.7. The number of hydrogen-bond donors (Lipinski definition) is 1. The Hall–Kier alpha value is -5.88. The number of hydrogen-bond acceptors (Lipinski definition) is 12. The molecule has 4 aliphatic heterocycles. The number of nitrogens with zero attached hydrogens (tertiary/aromatic N) is 8. The number of aldehydes is 1. The van der Waals surface area contributed by atoms with Crippen LogP contribution in [0.25, 0.3) is 0 Å². The Kier molecular flexibility index (Phi) is 12.1. The first-order valence-corrected chi connectivity index (χ1v) is 21.3. The van der Waals surface area contributed by atoms with Gasteiger partial charge in [-0.2, -0.15) is 5.26 Å². The van der Waals surface area contributed by atoms with Gasteiger partial charge in [-0.05, 0) is 78.6 Å². The van der Waals surface area contributed by atoms with Gasteiger partial charge in [0.2, 0.25) is 11.9 Å². The molecule has 0 radical (unpaired) electrons. The number of likely N-dealkylation sites (N-methyl/N-ethyl adjacent to an activating group) is 1. The van der Waals surface area contributed by atoms with Gasteiger partial charge >= 0.3 is 0 Å². The zero-order valence-corrected chi connectivity index (χ0v) is 35.5. The lowest BCUT2D eigenvalue weighted by atomic mass is 9.78. The van der Waals surface area contributed by atoms with E-state index >= 15 is 0 Å². The van der Waals surface area contributed by atoms with Crippen molar-refractivity contribution in [1.82, 2.24) is 30.0 Å². The predicted octanol–water partition coefficient (Wildman–Crippen LogP) is 4.68. The number of halogens is 1. The fraction of sp³-hybridized carbons (Fsp3) is 0.413. The van der Waals surface area contributed by atoms with Crippen molar-refractivity contribution in [3.8, 4) is 11.8 Å². The minimum Gasteiger partial charge on any atom is -0.487 e. The molecule has 3 amide bonds. The summed E-state index contributed by atoms with van der Waals surface area (Å²) in [5.74, 6) is -0.0151. The third-order valence-electron chi connectivity index (χ3n) is 12.8. The molecule has 0 saturated carbocycles. The van der Waals surface area contributed by atoms with E-state index < -0.39 is 23.8 Å². The van der Waals surface area contributed by atoms with Crippen molar-refractivity contribution in [2.45, 2.75) is 63.3 Å². The predicted molar refractivity (Wildman–Crippen MR) is 231 cm³/mol. The Morgan fingerprint density at radius 1 is 0.918 bits per heavy atom. The number of carbonyl (C=O) groups excluding carboxylic acids is 4. The molecule has 8 rings (SSSR count). The zero-order chi connectivity index (χ0) is 42.8. The molecular formula is C46H50ClN9O5. The van der Waals surface area contributed by atoms with Gasteiger partial charge in [0.15, 0.2) is 0 Å². The second-order valence-corrected chi connectivity index (χ2v) is 17.2. The number of rotatable bonds is 14. The molecule has 0 aliphatic carbocycles. The number of nitrogens with one attached hydrogen (secondary N) is 1. The van der Waals surface area contributed by atoms with Crippen LogP contribution >= 0.6 is 11.6 Å². The molecule has 5 heterocycles. The van der Waals surface area contributed by atoms with E-state index in [-0.39, 0.29) is 23.8 Å². The van der Waals surface area contributed by atoms with Crippen molar-refractivity contribution < 1.29 is 23.9 Å². The lowest BCUT2D eigenvalue weighted by molar-refractivity contribution is -0.124. The quantitative estimate of drug-likeness (QED) is 0.139. The van der Waals surface area contributed by atoms with Gasteiger partial charge in [0.05, 0.1) is 28.5 Å². The Bertz CT molecular complexity index is 2350. The highest BCUT2D eigenvalue weighted by Gasteiger charge is 2.44. The highest BCUT2D eigenvalue weighted by molar-refractivity contribution is 6.30. The van der Waals surface area contributed by atoms with E-state index in [9.17, 15) is 24.4 Å². The van der Waals surface area contributed by atoms with Gasteiger partial charge in [0.1, 0.15) is 24.7 Å². The van der Waals surface area contributed by atoms with Crippen LogP contribution in [-0.2, 0) is 21.6 Å². The topological polar surface area (TPSA) is 155 Å². The van der Waals surface area contributed by atoms with Gasteiger partial charge < -0.3 is 24.6 Å². The Labute approximate surface area is 361 Å². The summed E-state index contributed by atoms with van der Waals surface area (Å²) in [7, 11) is 1.45. The van der Waals surface area contributed by atoms with Crippen LogP contribution < -0.4 is 19.9 Å². The maximum Gasteiger partial charge on any atom is 0.262 e. The normalized spacial score (nSPS) is 19.1. The summed E-state index contributed by atoms with van der Waals surface area (Å²) in [6.07, 6.45) is 3.64. The molecule has 15 heteroatoms. The van der Waals surface area contributed by atoms with Crippen LogP contribution in [0.3, 0.4) is 0 Å². The van der Waals surface area contributed by atoms with Gasteiger partial charge in [0.25, 0.3) is 11.8 Å². The first kappa shape index (κ1) is 41.8. The number of piperazine rings is 1.